The molecule has 0 atom stereocenters. The fourth-order valence-corrected chi connectivity index (χ4v) is 3.79. The number of H-pyrrole nitrogens is 1. The van der Waals surface area contributed by atoms with Crippen molar-refractivity contribution >= 4 is 16.9 Å². The van der Waals surface area contributed by atoms with Gasteiger partial charge in [0.05, 0.1) is 12.7 Å². The Morgan fingerprint density at radius 3 is 2.68 bits per heavy atom. The van der Waals surface area contributed by atoms with Gasteiger partial charge in [0.25, 0.3) is 0 Å². The number of nitrogens with one attached hydrogen (secondary N) is 1. The minimum Gasteiger partial charge on any atom is -0.465 e. The molecule has 0 saturated heterocycles. The molecule has 134 valence electrons. The van der Waals surface area contributed by atoms with Crippen molar-refractivity contribution in [2.75, 3.05) is 14.2 Å². The minimum atomic E-state index is -0.428. The van der Waals surface area contributed by atoms with Gasteiger partial charge in [0.2, 0.25) is 0 Å². The lowest BCUT2D eigenvalue weighted by molar-refractivity contribution is 0.0601. The van der Waals surface area contributed by atoms with Crippen LogP contribution in [0.1, 0.15) is 53.7 Å². The number of aromatic nitrogens is 1. The zero-order chi connectivity index (χ0) is 18.0. The highest BCUT2D eigenvalue weighted by Gasteiger charge is 2.20. The van der Waals surface area contributed by atoms with Crippen LogP contribution < -0.4 is 5.43 Å². The first-order valence-corrected chi connectivity index (χ1v) is 8.95. The van der Waals surface area contributed by atoms with E-state index in [-0.39, 0.29) is 5.43 Å². The van der Waals surface area contributed by atoms with Crippen LogP contribution in [0.25, 0.3) is 10.9 Å². The van der Waals surface area contributed by atoms with Gasteiger partial charge in [0, 0.05) is 34.7 Å². The number of benzene rings is 1. The van der Waals surface area contributed by atoms with E-state index in [1.54, 1.807) is 18.2 Å². The number of ether oxygens (including phenoxy) is 1. The van der Waals surface area contributed by atoms with E-state index in [0.29, 0.717) is 23.5 Å². The van der Waals surface area contributed by atoms with E-state index in [2.05, 4.69) is 16.9 Å². The summed E-state index contributed by atoms with van der Waals surface area (Å²) in [6.45, 7) is 2.57. The van der Waals surface area contributed by atoms with Crippen molar-refractivity contribution in [2.45, 2.75) is 51.6 Å². The molecule has 5 nitrogen and oxygen atoms in total. The number of esters is 1. The molecule has 0 radical (unpaired) electrons. The molecule has 3 rings (SSSR count). The quantitative estimate of drug-likeness (QED) is 0.865. The molecule has 0 spiro atoms. The SMILES string of the molecule is COC(=O)c1ccc2[nH]c(C)c(CN(C)C3CCCCC3)c(=O)c2c1. The molecule has 1 heterocycles. The zero-order valence-electron chi connectivity index (χ0n) is 15.2. The monoisotopic (exact) mass is 342 g/mol. The van der Waals surface area contributed by atoms with Gasteiger partial charge in [-0.15, -0.1) is 0 Å². The van der Waals surface area contributed by atoms with E-state index in [1.807, 2.05) is 6.92 Å². The Morgan fingerprint density at radius 2 is 2.00 bits per heavy atom. The molecule has 25 heavy (non-hydrogen) atoms. The Morgan fingerprint density at radius 1 is 1.28 bits per heavy atom. The van der Waals surface area contributed by atoms with E-state index in [0.717, 1.165) is 16.8 Å². The van der Waals surface area contributed by atoms with Crippen LogP contribution in [0.4, 0.5) is 0 Å². The fraction of sp³-hybridized carbons (Fsp3) is 0.500. The number of aryl methyl sites for hydroxylation is 1. The Bertz CT molecular complexity index is 835. The normalized spacial score (nSPS) is 15.7. The molecule has 1 aliphatic rings. The first-order valence-electron chi connectivity index (χ1n) is 8.95. The second-order valence-electron chi connectivity index (χ2n) is 7.02. The first-order chi connectivity index (χ1) is 12.0. The smallest absolute Gasteiger partial charge is 0.337 e. The topological polar surface area (TPSA) is 62.4 Å². The molecule has 0 aliphatic heterocycles. The number of hydrogen-bond donors (Lipinski definition) is 1. The van der Waals surface area contributed by atoms with Crippen molar-refractivity contribution in [3.05, 3.63) is 45.2 Å². The number of carbonyl (C=O) groups is 1. The number of hydrogen-bond acceptors (Lipinski definition) is 4. The van der Waals surface area contributed by atoms with Gasteiger partial charge in [0.15, 0.2) is 5.43 Å². The van der Waals surface area contributed by atoms with E-state index >= 15 is 0 Å². The summed E-state index contributed by atoms with van der Waals surface area (Å²) in [4.78, 5) is 30.4. The highest BCUT2D eigenvalue weighted by molar-refractivity contribution is 5.94. The van der Waals surface area contributed by atoms with Crippen LogP contribution in [0.5, 0.6) is 0 Å². The number of nitrogens with zero attached hydrogens (tertiary/aromatic N) is 1. The highest BCUT2D eigenvalue weighted by Crippen LogP contribution is 2.23. The third-order valence-electron chi connectivity index (χ3n) is 5.34. The van der Waals surface area contributed by atoms with Crippen LogP contribution in [-0.2, 0) is 11.3 Å². The summed E-state index contributed by atoms with van der Waals surface area (Å²) in [5.41, 5.74) is 2.82. The van der Waals surface area contributed by atoms with Crippen molar-refractivity contribution in [2.24, 2.45) is 0 Å². The molecule has 1 aromatic heterocycles. The van der Waals surface area contributed by atoms with Gasteiger partial charge < -0.3 is 9.72 Å². The van der Waals surface area contributed by atoms with Crippen molar-refractivity contribution in [1.82, 2.24) is 9.88 Å². The summed E-state index contributed by atoms with van der Waals surface area (Å²) >= 11 is 0. The largest absolute Gasteiger partial charge is 0.465 e. The maximum atomic E-state index is 13.0. The average Bonchev–Trinajstić information content (AvgIpc) is 2.64. The molecule has 1 N–H and O–H groups in total. The van der Waals surface area contributed by atoms with Gasteiger partial charge in [-0.05, 0) is 45.0 Å². The first kappa shape index (κ1) is 17.7. The fourth-order valence-electron chi connectivity index (χ4n) is 3.79. The molecule has 1 saturated carbocycles. The number of fused-ring (bicyclic) bond motifs is 1. The third-order valence-corrected chi connectivity index (χ3v) is 5.34. The Hall–Kier alpha value is -2.14. The van der Waals surface area contributed by atoms with Gasteiger partial charge >= 0.3 is 5.97 Å². The number of methoxy groups -OCH3 is 1. The second-order valence-corrected chi connectivity index (χ2v) is 7.02. The summed E-state index contributed by atoms with van der Waals surface area (Å²) in [5, 5.41) is 0.542. The number of carbonyl (C=O) groups excluding carboxylic acids is 1. The van der Waals surface area contributed by atoms with E-state index in [9.17, 15) is 9.59 Å². The predicted molar refractivity (Wildman–Crippen MR) is 99.0 cm³/mol. The maximum absolute atomic E-state index is 13.0. The van der Waals surface area contributed by atoms with Crippen LogP contribution in [0.15, 0.2) is 23.0 Å². The van der Waals surface area contributed by atoms with Gasteiger partial charge in [0.1, 0.15) is 0 Å². The molecular formula is C20H26N2O3. The predicted octanol–water partition coefficient (Wildman–Crippen LogP) is 3.39. The minimum absolute atomic E-state index is 0.000312. The van der Waals surface area contributed by atoms with E-state index < -0.39 is 5.97 Å². The molecule has 1 aliphatic carbocycles. The van der Waals surface area contributed by atoms with Gasteiger partial charge in [-0.1, -0.05) is 19.3 Å². The lowest BCUT2D eigenvalue weighted by atomic mass is 9.94. The molecule has 1 aromatic carbocycles. The number of aromatic amines is 1. The second kappa shape index (κ2) is 7.40. The zero-order valence-corrected chi connectivity index (χ0v) is 15.2. The Labute approximate surface area is 148 Å². The summed E-state index contributed by atoms with van der Waals surface area (Å²) < 4.78 is 4.76. The molecule has 5 heteroatoms. The molecule has 0 unspecified atom stereocenters. The van der Waals surface area contributed by atoms with E-state index in [4.69, 9.17) is 4.74 Å². The molecule has 0 amide bonds. The average molecular weight is 342 g/mol. The van der Waals surface area contributed by atoms with Crippen LogP contribution in [0, 0.1) is 6.92 Å². The van der Waals surface area contributed by atoms with Crippen LogP contribution in [0.3, 0.4) is 0 Å². The van der Waals surface area contributed by atoms with Crippen molar-refractivity contribution < 1.29 is 9.53 Å². The van der Waals surface area contributed by atoms with Crippen molar-refractivity contribution in [3.63, 3.8) is 0 Å². The highest BCUT2D eigenvalue weighted by atomic mass is 16.5. The van der Waals surface area contributed by atoms with Gasteiger partial charge in [-0.3, -0.25) is 9.69 Å². The maximum Gasteiger partial charge on any atom is 0.337 e. The van der Waals surface area contributed by atoms with Gasteiger partial charge in [-0.25, -0.2) is 4.79 Å². The molecule has 2 aromatic rings. The van der Waals surface area contributed by atoms with Crippen LogP contribution in [-0.4, -0.2) is 36.1 Å². The summed E-state index contributed by atoms with van der Waals surface area (Å²) in [6.07, 6.45) is 6.26. The molecule has 1 fully saturated rings. The van der Waals surface area contributed by atoms with Gasteiger partial charge in [-0.2, -0.15) is 0 Å². The lowest BCUT2D eigenvalue weighted by Crippen LogP contribution is -2.34. The molecular weight excluding hydrogens is 316 g/mol. The standard InChI is InChI=1S/C20H26N2O3/c1-13-17(12-22(2)15-7-5-4-6-8-15)19(23)16-11-14(20(24)25-3)9-10-18(16)21-13/h9-11,15H,4-8,12H2,1-3H3,(H,21,23). The van der Waals surface area contributed by atoms with Crippen LogP contribution in [0.2, 0.25) is 0 Å². The van der Waals surface area contributed by atoms with Crippen molar-refractivity contribution in [3.8, 4) is 0 Å². The Kier molecular flexibility index (Phi) is 5.23. The molecule has 0 bridgehead atoms. The Balaban J connectivity index is 1.96. The summed E-state index contributed by atoms with van der Waals surface area (Å²) in [7, 11) is 3.44. The lowest BCUT2D eigenvalue weighted by Gasteiger charge is -2.31. The third kappa shape index (κ3) is 3.61. The number of pyridine rings is 1. The number of rotatable bonds is 4. The van der Waals surface area contributed by atoms with Crippen molar-refractivity contribution in [1.29, 1.82) is 0 Å². The summed E-state index contributed by atoms with van der Waals surface area (Å²) in [5.74, 6) is -0.428. The van der Waals surface area contributed by atoms with E-state index in [1.165, 1.54) is 39.2 Å². The van der Waals surface area contributed by atoms with Crippen LogP contribution >= 0.6 is 0 Å². The summed E-state index contributed by atoms with van der Waals surface area (Å²) in [6, 6.07) is 5.62.